The maximum absolute atomic E-state index is 11.2. The van der Waals surface area contributed by atoms with Gasteiger partial charge < -0.3 is 10.4 Å². The topological polar surface area (TPSA) is 110 Å². The largest absolute Gasteiger partial charge is 0.478 e. The highest BCUT2D eigenvalue weighted by Gasteiger charge is 2.21. The Hall–Kier alpha value is -2.90. The molecule has 20 heavy (non-hydrogen) atoms. The fourth-order valence-corrected chi connectivity index (χ4v) is 1.75. The van der Waals surface area contributed by atoms with Crippen LogP contribution in [0.15, 0.2) is 30.6 Å². The van der Waals surface area contributed by atoms with Gasteiger partial charge >= 0.3 is 5.97 Å². The molecule has 0 unspecified atom stereocenters. The van der Waals surface area contributed by atoms with E-state index in [1.165, 1.54) is 24.4 Å². The average molecular weight is 276 g/mol. The summed E-state index contributed by atoms with van der Waals surface area (Å²) in [4.78, 5) is 21.5. The smallest absolute Gasteiger partial charge is 0.338 e. The van der Waals surface area contributed by atoms with E-state index in [1.807, 2.05) is 6.92 Å². The Morgan fingerprint density at radius 1 is 1.55 bits per heavy atom. The number of benzene rings is 1. The molecule has 0 radical (unpaired) electrons. The van der Waals surface area contributed by atoms with Crippen molar-refractivity contribution in [3.05, 3.63) is 46.3 Å². The summed E-state index contributed by atoms with van der Waals surface area (Å²) in [5, 5.41) is 26.9. The summed E-state index contributed by atoms with van der Waals surface area (Å²) in [7, 11) is 0. The van der Waals surface area contributed by atoms with E-state index in [2.05, 4.69) is 10.4 Å². The number of rotatable bonds is 5. The first-order chi connectivity index (χ1) is 9.52. The highest BCUT2D eigenvalue weighted by Crippen LogP contribution is 2.31. The van der Waals surface area contributed by atoms with Crippen LogP contribution in [0.3, 0.4) is 0 Å². The highest BCUT2D eigenvalue weighted by atomic mass is 16.6. The van der Waals surface area contributed by atoms with Crippen LogP contribution >= 0.6 is 0 Å². The molecular formula is C12H12N4O4. The van der Waals surface area contributed by atoms with Gasteiger partial charge in [0.1, 0.15) is 5.69 Å². The minimum atomic E-state index is -1.24. The molecule has 0 amide bonds. The number of carboxylic acid groups (broad SMARTS) is 1. The summed E-state index contributed by atoms with van der Waals surface area (Å²) in [5.74, 6) is -1.24. The van der Waals surface area contributed by atoms with Gasteiger partial charge in [-0.25, -0.2) is 4.79 Å². The van der Waals surface area contributed by atoms with Gasteiger partial charge in [-0.1, -0.05) is 6.07 Å². The van der Waals surface area contributed by atoms with Gasteiger partial charge in [0.05, 0.1) is 22.4 Å². The van der Waals surface area contributed by atoms with Crippen molar-refractivity contribution in [3.8, 4) is 0 Å². The second-order valence-corrected chi connectivity index (χ2v) is 3.97. The fraction of sp³-hybridized carbons (Fsp3) is 0.167. The van der Waals surface area contributed by atoms with E-state index in [-0.39, 0.29) is 16.9 Å². The molecule has 0 saturated carbocycles. The molecule has 0 aliphatic carbocycles. The molecule has 0 fully saturated rings. The Labute approximate surface area is 113 Å². The van der Waals surface area contributed by atoms with Crippen LogP contribution in [0.5, 0.6) is 0 Å². The van der Waals surface area contributed by atoms with Crippen molar-refractivity contribution >= 4 is 23.0 Å². The summed E-state index contributed by atoms with van der Waals surface area (Å²) in [6, 6.07) is 3.89. The van der Waals surface area contributed by atoms with Gasteiger partial charge in [0.25, 0.3) is 5.69 Å². The number of aromatic nitrogens is 2. The fourth-order valence-electron chi connectivity index (χ4n) is 1.75. The van der Waals surface area contributed by atoms with E-state index in [0.29, 0.717) is 12.2 Å². The molecule has 0 saturated heterocycles. The predicted molar refractivity (Wildman–Crippen MR) is 71.2 cm³/mol. The van der Waals surface area contributed by atoms with Gasteiger partial charge in [0.2, 0.25) is 0 Å². The monoisotopic (exact) mass is 276 g/mol. The molecule has 8 nitrogen and oxygen atoms in total. The molecule has 0 aliphatic rings. The SMILES string of the molecule is CCn1cc(Nc2c(C(=O)O)cccc2[N+](=O)[O-])cn1. The van der Waals surface area contributed by atoms with E-state index < -0.39 is 10.9 Å². The number of nitrogens with zero attached hydrogens (tertiary/aromatic N) is 3. The third kappa shape index (κ3) is 2.58. The second-order valence-electron chi connectivity index (χ2n) is 3.97. The molecule has 0 atom stereocenters. The van der Waals surface area contributed by atoms with Crippen LogP contribution in [0.4, 0.5) is 17.1 Å². The normalized spacial score (nSPS) is 10.2. The Balaban J connectivity index is 2.47. The van der Waals surface area contributed by atoms with E-state index in [1.54, 1.807) is 10.9 Å². The molecular weight excluding hydrogens is 264 g/mol. The van der Waals surface area contributed by atoms with E-state index in [0.717, 1.165) is 0 Å². The lowest BCUT2D eigenvalue weighted by molar-refractivity contribution is -0.383. The Morgan fingerprint density at radius 3 is 2.85 bits per heavy atom. The Kier molecular flexibility index (Phi) is 3.65. The van der Waals surface area contributed by atoms with E-state index in [4.69, 9.17) is 5.11 Å². The third-order valence-electron chi connectivity index (χ3n) is 2.70. The third-order valence-corrected chi connectivity index (χ3v) is 2.70. The number of anilines is 2. The van der Waals surface area contributed by atoms with Crippen molar-refractivity contribution in [1.82, 2.24) is 9.78 Å². The molecule has 2 rings (SSSR count). The van der Waals surface area contributed by atoms with Crippen LogP contribution in [0.1, 0.15) is 17.3 Å². The Bertz CT molecular complexity index is 633. The zero-order valence-electron chi connectivity index (χ0n) is 10.6. The Morgan fingerprint density at radius 2 is 2.30 bits per heavy atom. The number of carboxylic acids is 1. The molecule has 0 bridgehead atoms. The lowest BCUT2D eigenvalue weighted by Crippen LogP contribution is -2.05. The second kappa shape index (κ2) is 5.39. The first kappa shape index (κ1) is 13.5. The molecule has 1 heterocycles. The van der Waals surface area contributed by atoms with Gasteiger partial charge in [-0.3, -0.25) is 14.8 Å². The number of nitro benzene ring substituents is 1. The van der Waals surface area contributed by atoms with Crippen LogP contribution in [0.25, 0.3) is 0 Å². The summed E-state index contributed by atoms with van der Waals surface area (Å²) in [6.07, 6.45) is 3.12. The maximum atomic E-state index is 11.2. The van der Waals surface area contributed by atoms with Gasteiger partial charge in [0, 0.05) is 18.8 Å². The summed E-state index contributed by atoms with van der Waals surface area (Å²) in [5.41, 5.74) is -0.0260. The number of hydrogen-bond acceptors (Lipinski definition) is 5. The number of aryl methyl sites for hydroxylation is 1. The van der Waals surface area contributed by atoms with Crippen LogP contribution in [0, 0.1) is 10.1 Å². The highest BCUT2D eigenvalue weighted by molar-refractivity contribution is 5.97. The van der Waals surface area contributed by atoms with Crippen molar-refractivity contribution in [3.63, 3.8) is 0 Å². The summed E-state index contributed by atoms with van der Waals surface area (Å²) < 4.78 is 1.62. The quantitative estimate of drug-likeness (QED) is 0.640. The maximum Gasteiger partial charge on any atom is 0.338 e. The summed E-state index contributed by atoms with van der Waals surface area (Å²) >= 11 is 0. The molecule has 0 aliphatic heterocycles. The number of nitrogens with one attached hydrogen (secondary N) is 1. The van der Waals surface area contributed by atoms with Gasteiger partial charge in [-0.05, 0) is 13.0 Å². The van der Waals surface area contributed by atoms with Crippen molar-refractivity contribution in [1.29, 1.82) is 0 Å². The van der Waals surface area contributed by atoms with Crippen molar-refractivity contribution < 1.29 is 14.8 Å². The lowest BCUT2D eigenvalue weighted by atomic mass is 10.1. The first-order valence-corrected chi connectivity index (χ1v) is 5.83. The van der Waals surface area contributed by atoms with E-state index in [9.17, 15) is 14.9 Å². The predicted octanol–water partition coefficient (Wildman–Crippen LogP) is 2.25. The molecule has 2 aromatic rings. The first-order valence-electron chi connectivity index (χ1n) is 5.83. The molecule has 104 valence electrons. The van der Waals surface area contributed by atoms with Gasteiger partial charge in [-0.2, -0.15) is 5.10 Å². The minimum Gasteiger partial charge on any atom is -0.478 e. The number of nitro groups is 1. The van der Waals surface area contributed by atoms with Crippen LogP contribution < -0.4 is 5.32 Å². The molecule has 1 aromatic heterocycles. The van der Waals surface area contributed by atoms with Crippen LogP contribution in [-0.2, 0) is 6.54 Å². The number of carbonyl (C=O) groups is 1. The zero-order chi connectivity index (χ0) is 14.7. The van der Waals surface area contributed by atoms with Crippen LogP contribution in [-0.4, -0.2) is 25.8 Å². The van der Waals surface area contributed by atoms with Gasteiger partial charge in [0.15, 0.2) is 0 Å². The van der Waals surface area contributed by atoms with Crippen molar-refractivity contribution in [2.75, 3.05) is 5.32 Å². The zero-order valence-corrected chi connectivity index (χ0v) is 10.6. The standard InChI is InChI=1S/C12H12N4O4/c1-2-15-7-8(6-13-15)14-11-9(12(17)18)4-3-5-10(11)16(19)20/h3-7,14H,2H2,1H3,(H,17,18). The number of aromatic carboxylic acids is 1. The van der Waals surface area contributed by atoms with E-state index >= 15 is 0 Å². The summed E-state index contributed by atoms with van der Waals surface area (Å²) in [6.45, 7) is 2.54. The lowest BCUT2D eigenvalue weighted by Gasteiger charge is -2.08. The average Bonchev–Trinajstić information content (AvgIpc) is 2.86. The molecule has 8 heteroatoms. The molecule has 0 spiro atoms. The van der Waals surface area contributed by atoms with Gasteiger partial charge in [-0.15, -0.1) is 0 Å². The molecule has 1 aromatic carbocycles. The number of hydrogen-bond donors (Lipinski definition) is 2. The van der Waals surface area contributed by atoms with Crippen molar-refractivity contribution in [2.45, 2.75) is 13.5 Å². The molecule has 2 N–H and O–H groups in total. The minimum absolute atomic E-state index is 0.0550. The van der Waals surface area contributed by atoms with Crippen molar-refractivity contribution in [2.24, 2.45) is 0 Å². The van der Waals surface area contributed by atoms with Crippen LogP contribution in [0.2, 0.25) is 0 Å². The number of para-hydroxylation sites is 1.